The second-order valence-corrected chi connectivity index (χ2v) is 3.59. The van der Waals surface area contributed by atoms with E-state index >= 15 is 0 Å². The number of hydrogen-bond acceptors (Lipinski definition) is 5. The third-order valence-electron chi connectivity index (χ3n) is 2.56. The Morgan fingerprint density at radius 3 is 2.65 bits per heavy atom. The first-order valence-electron chi connectivity index (χ1n) is 5.06. The maximum atomic E-state index is 5.77. The minimum atomic E-state index is 0.254. The van der Waals surface area contributed by atoms with Crippen LogP contribution in [0, 0.1) is 0 Å². The fraction of sp³-hybridized carbons (Fsp3) is 0. The lowest BCUT2D eigenvalue weighted by molar-refractivity contribution is 1.12. The van der Waals surface area contributed by atoms with Gasteiger partial charge in [-0.2, -0.15) is 0 Å². The number of hydrogen-bond donors (Lipinski definition) is 2. The number of fused-ring (bicyclic) bond motifs is 1. The van der Waals surface area contributed by atoms with Gasteiger partial charge in [0.1, 0.15) is 0 Å². The smallest absolute Gasteiger partial charge is 0.220 e. The second-order valence-electron chi connectivity index (χ2n) is 3.59. The van der Waals surface area contributed by atoms with Crippen LogP contribution in [0.15, 0.2) is 36.8 Å². The van der Waals surface area contributed by atoms with Crippen LogP contribution in [-0.2, 0) is 0 Å². The molecular weight excluding hydrogens is 216 g/mol. The molecule has 0 aromatic carbocycles. The van der Waals surface area contributed by atoms with Gasteiger partial charge in [0.2, 0.25) is 11.9 Å². The molecular formula is C11H10N6. The van der Waals surface area contributed by atoms with Crippen molar-refractivity contribution < 1.29 is 0 Å². The molecule has 0 atom stereocenters. The fourth-order valence-electron chi connectivity index (χ4n) is 1.80. The Labute approximate surface area is 96.9 Å². The van der Waals surface area contributed by atoms with Gasteiger partial charge in [0.05, 0.1) is 11.2 Å². The van der Waals surface area contributed by atoms with Crippen LogP contribution in [0.4, 0.5) is 11.9 Å². The molecule has 0 spiro atoms. The topological polar surface area (TPSA) is 95.1 Å². The van der Waals surface area contributed by atoms with E-state index in [0.29, 0.717) is 5.95 Å². The molecule has 3 heterocycles. The lowest BCUT2D eigenvalue weighted by Gasteiger charge is -2.01. The van der Waals surface area contributed by atoms with Crippen molar-refractivity contribution in [3.05, 3.63) is 36.8 Å². The minimum Gasteiger partial charge on any atom is -0.369 e. The molecule has 0 unspecified atom stereocenters. The molecule has 6 nitrogen and oxygen atoms in total. The van der Waals surface area contributed by atoms with Crippen LogP contribution in [0.1, 0.15) is 0 Å². The zero-order valence-electron chi connectivity index (χ0n) is 8.91. The quantitative estimate of drug-likeness (QED) is 0.644. The van der Waals surface area contributed by atoms with Crippen molar-refractivity contribution in [1.82, 2.24) is 19.4 Å². The van der Waals surface area contributed by atoms with Gasteiger partial charge in [-0.1, -0.05) is 0 Å². The maximum Gasteiger partial charge on any atom is 0.220 e. The van der Waals surface area contributed by atoms with E-state index in [1.165, 1.54) is 0 Å². The molecule has 0 aliphatic rings. The van der Waals surface area contributed by atoms with Gasteiger partial charge in [-0.25, -0.2) is 15.0 Å². The molecule has 6 heteroatoms. The molecule has 0 aliphatic carbocycles. The number of nitrogen functional groups attached to an aromatic ring is 2. The van der Waals surface area contributed by atoms with Crippen LogP contribution < -0.4 is 11.5 Å². The van der Waals surface area contributed by atoms with E-state index < -0.39 is 0 Å². The average Bonchev–Trinajstić information content (AvgIpc) is 2.74. The number of rotatable bonds is 1. The molecule has 4 N–H and O–H groups in total. The average molecular weight is 226 g/mol. The summed E-state index contributed by atoms with van der Waals surface area (Å²) >= 11 is 0. The van der Waals surface area contributed by atoms with Crippen molar-refractivity contribution >= 4 is 17.4 Å². The van der Waals surface area contributed by atoms with E-state index in [4.69, 9.17) is 11.5 Å². The number of anilines is 2. The van der Waals surface area contributed by atoms with Crippen molar-refractivity contribution in [3.63, 3.8) is 0 Å². The summed E-state index contributed by atoms with van der Waals surface area (Å²) in [6.45, 7) is 0. The Morgan fingerprint density at radius 1 is 1.00 bits per heavy atom. The Kier molecular flexibility index (Phi) is 1.94. The van der Waals surface area contributed by atoms with Crippen molar-refractivity contribution in [3.8, 4) is 11.3 Å². The summed E-state index contributed by atoms with van der Waals surface area (Å²) in [7, 11) is 0. The van der Waals surface area contributed by atoms with Gasteiger partial charge in [0, 0.05) is 24.2 Å². The van der Waals surface area contributed by atoms with Gasteiger partial charge < -0.3 is 11.5 Å². The monoisotopic (exact) mass is 226 g/mol. The van der Waals surface area contributed by atoms with Crippen LogP contribution in [0.5, 0.6) is 0 Å². The van der Waals surface area contributed by atoms with E-state index in [0.717, 1.165) is 16.8 Å². The largest absolute Gasteiger partial charge is 0.369 e. The SMILES string of the molecule is Nc1nccc(-c2ccn3c(N)nccc23)n1. The summed E-state index contributed by atoms with van der Waals surface area (Å²) in [6, 6.07) is 5.61. The Hall–Kier alpha value is -2.63. The summed E-state index contributed by atoms with van der Waals surface area (Å²) in [5, 5.41) is 0. The van der Waals surface area contributed by atoms with E-state index in [1.54, 1.807) is 16.8 Å². The lowest BCUT2D eigenvalue weighted by Crippen LogP contribution is -1.98. The number of nitrogens with two attached hydrogens (primary N) is 2. The van der Waals surface area contributed by atoms with Gasteiger partial charge in [-0.15, -0.1) is 0 Å². The highest BCUT2D eigenvalue weighted by atomic mass is 15.1. The maximum absolute atomic E-state index is 5.77. The van der Waals surface area contributed by atoms with Crippen LogP contribution in [0.25, 0.3) is 16.8 Å². The fourth-order valence-corrected chi connectivity index (χ4v) is 1.80. The molecule has 0 fully saturated rings. The summed E-state index contributed by atoms with van der Waals surface area (Å²) < 4.78 is 1.80. The minimum absolute atomic E-state index is 0.254. The van der Waals surface area contributed by atoms with Gasteiger partial charge >= 0.3 is 0 Å². The molecule has 3 rings (SSSR count). The first-order valence-corrected chi connectivity index (χ1v) is 5.06. The van der Waals surface area contributed by atoms with Gasteiger partial charge in [0.15, 0.2) is 0 Å². The van der Waals surface area contributed by atoms with Gasteiger partial charge in [0.25, 0.3) is 0 Å². The van der Waals surface area contributed by atoms with Crippen LogP contribution >= 0.6 is 0 Å². The van der Waals surface area contributed by atoms with Gasteiger partial charge in [-0.3, -0.25) is 4.40 Å². The molecule has 3 aromatic heterocycles. The zero-order chi connectivity index (χ0) is 11.8. The molecule has 0 bridgehead atoms. The summed E-state index contributed by atoms with van der Waals surface area (Å²) in [6.07, 6.45) is 5.15. The molecule has 0 amide bonds. The molecule has 3 aromatic rings. The highest BCUT2D eigenvalue weighted by Gasteiger charge is 2.08. The third kappa shape index (κ3) is 1.46. The third-order valence-corrected chi connectivity index (χ3v) is 2.56. The first-order chi connectivity index (χ1) is 8.25. The second kappa shape index (κ2) is 3.44. The zero-order valence-corrected chi connectivity index (χ0v) is 8.91. The molecule has 0 saturated heterocycles. The van der Waals surface area contributed by atoms with Crippen molar-refractivity contribution in [2.45, 2.75) is 0 Å². The van der Waals surface area contributed by atoms with E-state index in [1.807, 2.05) is 24.4 Å². The summed E-state index contributed by atoms with van der Waals surface area (Å²) in [4.78, 5) is 12.1. The molecule has 84 valence electrons. The van der Waals surface area contributed by atoms with E-state index in [-0.39, 0.29) is 5.95 Å². The Morgan fingerprint density at radius 2 is 1.82 bits per heavy atom. The van der Waals surface area contributed by atoms with Crippen LogP contribution in [-0.4, -0.2) is 19.4 Å². The highest BCUT2D eigenvalue weighted by molar-refractivity contribution is 5.79. The first kappa shape index (κ1) is 9.59. The molecule has 0 saturated carbocycles. The van der Waals surface area contributed by atoms with Crippen molar-refractivity contribution in [1.29, 1.82) is 0 Å². The molecule has 0 radical (unpaired) electrons. The summed E-state index contributed by atoms with van der Waals surface area (Å²) in [5.74, 6) is 0.694. The van der Waals surface area contributed by atoms with Crippen LogP contribution in [0.3, 0.4) is 0 Å². The molecule has 17 heavy (non-hydrogen) atoms. The van der Waals surface area contributed by atoms with Crippen LogP contribution in [0.2, 0.25) is 0 Å². The lowest BCUT2D eigenvalue weighted by atomic mass is 10.2. The predicted octanol–water partition coefficient (Wildman–Crippen LogP) is 0.956. The van der Waals surface area contributed by atoms with Crippen molar-refractivity contribution in [2.75, 3.05) is 11.5 Å². The Balaban J connectivity index is 2.28. The summed E-state index contributed by atoms with van der Waals surface area (Å²) in [5.41, 5.74) is 14.0. The van der Waals surface area contributed by atoms with E-state index in [9.17, 15) is 0 Å². The normalized spacial score (nSPS) is 10.8. The number of nitrogens with zero attached hydrogens (tertiary/aromatic N) is 4. The Bertz CT molecular complexity index is 687. The highest BCUT2D eigenvalue weighted by Crippen LogP contribution is 2.24. The number of aromatic nitrogens is 4. The standard InChI is InChI=1S/C11H10N6/c12-10-14-4-1-8(16-10)7-3-6-17-9(7)2-5-15-11(17)13/h1-6H,(H2,13,15)(H2,12,14,16). The van der Waals surface area contributed by atoms with Crippen molar-refractivity contribution in [2.24, 2.45) is 0 Å². The van der Waals surface area contributed by atoms with E-state index in [2.05, 4.69) is 15.0 Å². The van der Waals surface area contributed by atoms with Gasteiger partial charge in [-0.05, 0) is 18.2 Å². The predicted molar refractivity (Wildman–Crippen MR) is 65.0 cm³/mol. The molecule has 0 aliphatic heterocycles.